The molecule has 0 aromatic heterocycles. The molecule has 202 valence electrons. The van der Waals surface area contributed by atoms with Crippen LogP contribution in [0.2, 0.25) is 5.02 Å². The first kappa shape index (κ1) is 29.0. The molecular formula is C28H32ClN3O5S. The maximum atomic E-state index is 13.8. The van der Waals surface area contributed by atoms with Gasteiger partial charge in [-0.25, -0.2) is 8.42 Å². The lowest BCUT2D eigenvalue weighted by molar-refractivity contribution is -0.139. The highest BCUT2D eigenvalue weighted by Crippen LogP contribution is 2.28. The van der Waals surface area contributed by atoms with Crippen molar-refractivity contribution in [1.82, 2.24) is 10.2 Å². The number of hydrogen-bond donors (Lipinski definition) is 1. The molecule has 0 radical (unpaired) electrons. The SMILES string of the molecule is CCNC(=O)C(C)N(Cc1ccccc1C)C(=O)CN(c1cccc(Cl)c1)S(=O)(=O)c1ccc(OC)cc1. The van der Waals surface area contributed by atoms with Gasteiger partial charge < -0.3 is 15.0 Å². The lowest BCUT2D eigenvalue weighted by atomic mass is 10.1. The summed E-state index contributed by atoms with van der Waals surface area (Å²) in [6.07, 6.45) is 0. The molecule has 0 heterocycles. The van der Waals surface area contributed by atoms with E-state index in [1.54, 1.807) is 32.0 Å². The summed E-state index contributed by atoms with van der Waals surface area (Å²) in [7, 11) is -2.71. The van der Waals surface area contributed by atoms with Crippen LogP contribution < -0.4 is 14.4 Å². The number of ether oxygens (including phenoxy) is 1. The molecule has 0 bridgehead atoms. The van der Waals surface area contributed by atoms with Crippen molar-refractivity contribution in [3.05, 3.63) is 88.9 Å². The molecule has 3 aromatic carbocycles. The average molecular weight is 558 g/mol. The second-order valence-corrected chi connectivity index (χ2v) is 11.0. The largest absolute Gasteiger partial charge is 0.497 e. The summed E-state index contributed by atoms with van der Waals surface area (Å²) in [5.41, 5.74) is 2.03. The maximum Gasteiger partial charge on any atom is 0.264 e. The Kier molecular flexibility index (Phi) is 9.77. The molecule has 0 saturated carbocycles. The number of likely N-dealkylation sites (N-methyl/N-ethyl adjacent to an activating group) is 1. The highest BCUT2D eigenvalue weighted by atomic mass is 35.5. The molecule has 3 aromatic rings. The molecule has 1 atom stereocenters. The van der Waals surface area contributed by atoms with Crippen molar-refractivity contribution in [2.24, 2.45) is 0 Å². The predicted molar refractivity (Wildman–Crippen MR) is 149 cm³/mol. The third kappa shape index (κ3) is 6.85. The van der Waals surface area contributed by atoms with Gasteiger partial charge in [-0.2, -0.15) is 0 Å². The van der Waals surface area contributed by atoms with E-state index in [0.717, 1.165) is 15.4 Å². The number of rotatable bonds is 11. The molecule has 8 nitrogen and oxygen atoms in total. The van der Waals surface area contributed by atoms with E-state index in [4.69, 9.17) is 16.3 Å². The zero-order valence-electron chi connectivity index (χ0n) is 21.8. The van der Waals surface area contributed by atoms with Crippen molar-refractivity contribution >= 4 is 39.1 Å². The van der Waals surface area contributed by atoms with Gasteiger partial charge in [0.25, 0.3) is 10.0 Å². The highest BCUT2D eigenvalue weighted by Gasteiger charge is 2.32. The van der Waals surface area contributed by atoms with Crippen molar-refractivity contribution < 1.29 is 22.7 Å². The Labute approximate surface area is 229 Å². The molecule has 1 N–H and O–H groups in total. The number of hydrogen-bond acceptors (Lipinski definition) is 5. The minimum atomic E-state index is -4.19. The summed E-state index contributed by atoms with van der Waals surface area (Å²) < 4.78 is 33.8. The second-order valence-electron chi connectivity index (χ2n) is 8.69. The first-order chi connectivity index (χ1) is 18.1. The lowest BCUT2D eigenvalue weighted by Gasteiger charge is -2.32. The number of sulfonamides is 1. The number of carbonyl (C=O) groups excluding carboxylic acids is 2. The Hall–Kier alpha value is -3.56. The van der Waals surface area contributed by atoms with E-state index in [2.05, 4.69) is 5.32 Å². The molecule has 3 rings (SSSR count). The molecule has 0 saturated heterocycles. The van der Waals surface area contributed by atoms with E-state index in [1.165, 1.54) is 42.3 Å². The number of carbonyl (C=O) groups is 2. The topological polar surface area (TPSA) is 96.0 Å². The Morgan fingerprint density at radius 2 is 1.71 bits per heavy atom. The molecule has 0 spiro atoms. The zero-order chi connectivity index (χ0) is 27.9. The smallest absolute Gasteiger partial charge is 0.264 e. The van der Waals surface area contributed by atoms with Gasteiger partial charge in [-0.15, -0.1) is 0 Å². The Bertz CT molecular complexity index is 1380. The first-order valence-corrected chi connectivity index (χ1v) is 13.9. The second kappa shape index (κ2) is 12.8. The minimum absolute atomic E-state index is 0.0201. The number of anilines is 1. The molecule has 2 amide bonds. The monoisotopic (exact) mass is 557 g/mol. The Balaban J connectivity index is 2.04. The van der Waals surface area contributed by atoms with Gasteiger partial charge in [0.1, 0.15) is 18.3 Å². The van der Waals surface area contributed by atoms with Crippen LogP contribution in [0.25, 0.3) is 0 Å². The van der Waals surface area contributed by atoms with Gasteiger partial charge >= 0.3 is 0 Å². The highest BCUT2D eigenvalue weighted by molar-refractivity contribution is 7.92. The molecule has 0 aliphatic heterocycles. The maximum absolute atomic E-state index is 13.8. The van der Waals surface area contributed by atoms with E-state index in [0.29, 0.717) is 17.3 Å². The average Bonchev–Trinajstić information content (AvgIpc) is 2.90. The Morgan fingerprint density at radius 3 is 2.32 bits per heavy atom. The van der Waals surface area contributed by atoms with Crippen LogP contribution in [0.5, 0.6) is 5.75 Å². The van der Waals surface area contributed by atoms with Gasteiger partial charge in [0, 0.05) is 18.1 Å². The van der Waals surface area contributed by atoms with Crippen LogP contribution >= 0.6 is 11.6 Å². The first-order valence-electron chi connectivity index (χ1n) is 12.1. The fourth-order valence-corrected chi connectivity index (χ4v) is 5.50. The molecular weight excluding hydrogens is 526 g/mol. The summed E-state index contributed by atoms with van der Waals surface area (Å²) in [4.78, 5) is 28.0. The molecule has 10 heteroatoms. The van der Waals surface area contributed by atoms with Gasteiger partial charge in [-0.05, 0) is 74.4 Å². The van der Waals surface area contributed by atoms with Crippen molar-refractivity contribution in [1.29, 1.82) is 0 Å². The Morgan fingerprint density at radius 1 is 1.03 bits per heavy atom. The molecule has 0 aliphatic carbocycles. The van der Waals surface area contributed by atoms with E-state index < -0.39 is 28.5 Å². The normalized spacial score (nSPS) is 11.9. The van der Waals surface area contributed by atoms with Gasteiger partial charge in [-0.3, -0.25) is 13.9 Å². The zero-order valence-corrected chi connectivity index (χ0v) is 23.4. The van der Waals surface area contributed by atoms with Crippen LogP contribution in [-0.4, -0.2) is 51.4 Å². The number of nitrogens with zero attached hydrogens (tertiary/aromatic N) is 2. The summed E-state index contributed by atoms with van der Waals surface area (Å²) in [5.74, 6) is -0.375. The molecule has 0 fully saturated rings. The van der Waals surface area contributed by atoms with Crippen molar-refractivity contribution in [3.8, 4) is 5.75 Å². The van der Waals surface area contributed by atoms with Gasteiger partial charge in [-0.1, -0.05) is 41.9 Å². The summed E-state index contributed by atoms with van der Waals surface area (Å²) in [6, 6.07) is 18.9. The number of amides is 2. The van der Waals surface area contributed by atoms with E-state index in [1.807, 2.05) is 31.2 Å². The molecule has 38 heavy (non-hydrogen) atoms. The lowest BCUT2D eigenvalue weighted by Crippen LogP contribution is -2.51. The van der Waals surface area contributed by atoms with Gasteiger partial charge in [0.05, 0.1) is 17.7 Å². The number of aryl methyl sites for hydroxylation is 1. The molecule has 0 aliphatic rings. The van der Waals surface area contributed by atoms with E-state index in [-0.39, 0.29) is 23.0 Å². The van der Waals surface area contributed by atoms with Crippen LogP contribution in [0.3, 0.4) is 0 Å². The minimum Gasteiger partial charge on any atom is -0.497 e. The summed E-state index contributed by atoms with van der Waals surface area (Å²) in [6.45, 7) is 5.33. The van der Waals surface area contributed by atoms with Crippen LogP contribution in [0.4, 0.5) is 5.69 Å². The summed E-state index contributed by atoms with van der Waals surface area (Å²) in [5, 5.41) is 3.06. The quantitative estimate of drug-likeness (QED) is 0.377. The third-order valence-electron chi connectivity index (χ3n) is 6.14. The van der Waals surface area contributed by atoms with Crippen LogP contribution in [0.15, 0.2) is 77.7 Å². The standard InChI is InChI=1S/C28H32ClN3O5S/c1-5-30-28(34)21(3)31(18-22-10-7-6-9-20(22)2)27(33)19-32(24-12-8-11-23(29)17-24)38(35,36)26-15-13-25(37-4)14-16-26/h6-17,21H,5,18-19H2,1-4H3,(H,30,34). The third-order valence-corrected chi connectivity index (χ3v) is 8.17. The van der Waals surface area contributed by atoms with Crippen molar-refractivity contribution in [2.45, 2.75) is 38.3 Å². The van der Waals surface area contributed by atoms with E-state index in [9.17, 15) is 18.0 Å². The van der Waals surface area contributed by atoms with E-state index >= 15 is 0 Å². The fraction of sp³-hybridized carbons (Fsp3) is 0.286. The van der Waals surface area contributed by atoms with Crippen molar-refractivity contribution in [3.63, 3.8) is 0 Å². The van der Waals surface area contributed by atoms with Gasteiger partial charge in [0.2, 0.25) is 11.8 Å². The number of methoxy groups -OCH3 is 1. The number of benzene rings is 3. The van der Waals surface area contributed by atoms with Crippen LogP contribution in [-0.2, 0) is 26.2 Å². The van der Waals surface area contributed by atoms with Crippen LogP contribution in [0, 0.1) is 6.92 Å². The summed E-state index contributed by atoms with van der Waals surface area (Å²) >= 11 is 6.19. The number of nitrogens with one attached hydrogen (secondary N) is 1. The number of halogens is 1. The van der Waals surface area contributed by atoms with Crippen LogP contribution in [0.1, 0.15) is 25.0 Å². The predicted octanol–water partition coefficient (Wildman–Crippen LogP) is 4.41. The van der Waals surface area contributed by atoms with Crippen molar-refractivity contribution in [2.75, 3.05) is 24.5 Å². The van der Waals surface area contributed by atoms with Gasteiger partial charge in [0.15, 0.2) is 0 Å². The molecule has 1 unspecified atom stereocenters. The fourth-order valence-electron chi connectivity index (χ4n) is 3.91.